The molecule has 3 N–H and O–H groups in total. The van der Waals surface area contributed by atoms with Gasteiger partial charge >= 0.3 is 0 Å². The molecule has 0 saturated heterocycles. The largest absolute Gasteiger partial charge is 0.381 e. The smallest absolute Gasteiger partial charge is 0.193 e. The minimum absolute atomic E-state index is 0. The minimum atomic E-state index is -0.558. The van der Waals surface area contributed by atoms with Gasteiger partial charge in [0.25, 0.3) is 0 Å². The Labute approximate surface area is 152 Å². The van der Waals surface area contributed by atoms with Gasteiger partial charge in [-0.1, -0.05) is 0 Å². The van der Waals surface area contributed by atoms with E-state index in [1.165, 1.54) is 0 Å². The molecule has 1 aromatic rings. The average Bonchev–Trinajstić information content (AvgIpc) is 2.51. The Bertz CT molecular complexity index is 520. The molecule has 0 atom stereocenters. The maximum atomic E-state index is 13.5. The third-order valence-electron chi connectivity index (χ3n) is 4.14. The van der Waals surface area contributed by atoms with E-state index in [0.29, 0.717) is 18.6 Å². The van der Waals surface area contributed by atoms with Gasteiger partial charge in [-0.2, -0.15) is 0 Å². The Morgan fingerprint density at radius 3 is 2.65 bits per heavy atom. The van der Waals surface area contributed by atoms with Crippen molar-refractivity contribution in [3.8, 4) is 0 Å². The average molecular weight is 439 g/mol. The molecule has 1 aromatic carbocycles. The van der Waals surface area contributed by atoms with Crippen molar-refractivity contribution in [2.75, 3.05) is 19.0 Å². The molecule has 0 amide bonds. The molecule has 0 spiro atoms. The van der Waals surface area contributed by atoms with Crippen LogP contribution in [0.1, 0.15) is 32.1 Å². The highest BCUT2D eigenvalue weighted by Crippen LogP contribution is 2.28. The molecule has 23 heavy (non-hydrogen) atoms. The summed E-state index contributed by atoms with van der Waals surface area (Å²) >= 11 is 0. The monoisotopic (exact) mass is 439 g/mol. The molecule has 2 rings (SSSR count). The van der Waals surface area contributed by atoms with Crippen LogP contribution in [0.15, 0.2) is 23.2 Å². The first kappa shape index (κ1) is 20.1. The number of hydrogen-bond donors (Lipinski definition) is 2. The van der Waals surface area contributed by atoms with Gasteiger partial charge in [0.1, 0.15) is 11.6 Å². The van der Waals surface area contributed by atoms with Gasteiger partial charge in [0.05, 0.1) is 11.8 Å². The predicted molar refractivity (Wildman–Crippen MR) is 99.3 cm³/mol. The first-order chi connectivity index (χ1) is 10.6. The second-order valence-electron chi connectivity index (χ2n) is 5.68. The molecular weight excluding hydrogens is 415 g/mol. The molecule has 7 heteroatoms. The molecule has 0 unspecified atom stereocenters. The number of rotatable bonds is 5. The van der Waals surface area contributed by atoms with Crippen molar-refractivity contribution in [1.82, 2.24) is 0 Å². The first-order valence-electron chi connectivity index (χ1n) is 7.63. The molecule has 0 radical (unpaired) electrons. The Morgan fingerprint density at radius 1 is 1.30 bits per heavy atom. The van der Waals surface area contributed by atoms with Crippen molar-refractivity contribution in [1.29, 1.82) is 0 Å². The van der Waals surface area contributed by atoms with E-state index in [-0.39, 0.29) is 35.6 Å². The molecule has 1 aliphatic rings. The summed E-state index contributed by atoms with van der Waals surface area (Å²) in [6.07, 6.45) is 5.80. The van der Waals surface area contributed by atoms with Crippen LogP contribution in [0.2, 0.25) is 0 Å². The number of methoxy groups -OCH3 is 1. The zero-order valence-corrected chi connectivity index (χ0v) is 15.6. The summed E-state index contributed by atoms with van der Waals surface area (Å²) < 4.78 is 31.9. The number of nitrogens with zero attached hydrogens (tertiary/aromatic N) is 1. The van der Waals surface area contributed by atoms with Crippen molar-refractivity contribution in [2.45, 2.75) is 38.2 Å². The Kier molecular flexibility index (Phi) is 8.75. The van der Waals surface area contributed by atoms with E-state index in [0.717, 1.165) is 50.3 Å². The maximum Gasteiger partial charge on any atom is 0.193 e. The van der Waals surface area contributed by atoms with Gasteiger partial charge in [-0.15, -0.1) is 24.0 Å². The number of halogens is 3. The number of anilines is 1. The number of ether oxygens (including phenoxy) is 1. The number of benzene rings is 1. The normalized spacial score (nSPS) is 21.6. The fourth-order valence-electron chi connectivity index (χ4n) is 2.79. The molecule has 0 aromatic heterocycles. The SMILES string of the molecule is COC1CCC(CCN=C(N)Nc2cc(F)ccc2F)CC1.I. The van der Waals surface area contributed by atoms with Gasteiger partial charge in [0.15, 0.2) is 5.96 Å². The van der Waals surface area contributed by atoms with Crippen LogP contribution in [-0.4, -0.2) is 25.7 Å². The lowest BCUT2D eigenvalue weighted by atomic mass is 9.85. The van der Waals surface area contributed by atoms with Crippen LogP contribution in [0, 0.1) is 17.6 Å². The molecule has 4 nitrogen and oxygen atoms in total. The second-order valence-corrected chi connectivity index (χ2v) is 5.68. The fraction of sp³-hybridized carbons (Fsp3) is 0.562. The highest BCUT2D eigenvalue weighted by Gasteiger charge is 2.20. The van der Waals surface area contributed by atoms with E-state index < -0.39 is 11.6 Å². The van der Waals surface area contributed by atoms with Crippen LogP contribution >= 0.6 is 24.0 Å². The van der Waals surface area contributed by atoms with Crippen LogP contribution in [-0.2, 0) is 4.74 Å². The highest BCUT2D eigenvalue weighted by atomic mass is 127. The van der Waals surface area contributed by atoms with Crippen LogP contribution in [0.25, 0.3) is 0 Å². The molecule has 0 aliphatic heterocycles. The number of guanidine groups is 1. The summed E-state index contributed by atoms with van der Waals surface area (Å²) in [7, 11) is 1.76. The Hall–Kier alpha value is -0.960. The van der Waals surface area contributed by atoms with E-state index in [1.807, 2.05) is 0 Å². The van der Waals surface area contributed by atoms with Crippen molar-refractivity contribution in [2.24, 2.45) is 16.6 Å². The molecule has 0 bridgehead atoms. The lowest BCUT2D eigenvalue weighted by molar-refractivity contribution is 0.0559. The fourth-order valence-corrected chi connectivity index (χ4v) is 2.79. The summed E-state index contributed by atoms with van der Waals surface area (Å²) in [6.45, 7) is 0.581. The molecular formula is C16H24F2IN3O. The van der Waals surface area contributed by atoms with Crippen LogP contribution in [0.4, 0.5) is 14.5 Å². The summed E-state index contributed by atoms with van der Waals surface area (Å²) in [5.74, 6) is -0.340. The topological polar surface area (TPSA) is 59.6 Å². The number of nitrogens with two attached hydrogens (primary N) is 1. The third-order valence-corrected chi connectivity index (χ3v) is 4.14. The third kappa shape index (κ3) is 6.58. The van der Waals surface area contributed by atoms with Gasteiger partial charge in [-0.05, 0) is 50.2 Å². The highest BCUT2D eigenvalue weighted by molar-refractivity contribution is 14.0. The minimum Gasteiger partial charge on any atom is -0.381 e. The van der Waals surface area contributed by atoms with E-state index in [4.69, 9.17) is 10.5 Å². The number of nitrogens with one attached hydrogen (secondary N) is 1. The van der Waals surface area contributed by atoms with E-state index in [9.17, 15) is 8.78 Å². The standard InChI is InChI=1S/C16H23F2N3O.HI/c1-22-13-5-2-11(3-6-13)8-9-20-16(19)21-15-10-12(17)4-7-14(15)18;/h4,7,10-11,13H,2-3,5-6,8-9H2,1H3,(H3,19,20,21);1H. The Balaban J connectivity index is 0.00000264. The van der Waals surface area contributed by atoms with Gasteiger partial charge in [0, 0.05) is 19.7 Å². The van der Waals surface area contributed by atoms with Crippen molar-refractivity contribution in [3.05, 3.63) is 29.8 Å². The summed E-state index contributed by atoms with van der Waals surface area (Å²) in [6, 6.07) is 3.17. The summed E-state index contributed by atoms with van der Waals surface area (Å²) in [5.41, 5.74) is 5.72. The summed E-state index contributed by atoms with van der Waals surface area (Å²) in [5, 5.41) is 2.60. The number of hydrogen-bond acceptors (Lipinski definition) is 2. The maximum absolute atomic E-state index is 13.5. The molecule has 1 saturated carbocycles. The van der Waals surface area contributed by atoms with Crippen LogP contribution in [0.3, 0.4) is 0 Å². The zero-order valence-electron chi connectivity index (χ0n) is 13.2. The van der Waals surface area contributed by atoms with E-state index >= 15 is 0 Å². The van der Waals surface area contributed by atoms with Gasteiger partial charge in [0.2, 0.25) is 0 Å². The van der Waals surface area contributed by atoms with Gasteiger partial charge in [-0.25, -0.2) is 8.78 Å². The molecule has 0 heterocycles. The second kappa shape index (κ2) is 10.0. The van der Waals surface area contributed by atoms with Crippen LogP contribution in [0.5, 0.6) is 0 Å². The van der Waals surface area contributed by atoms with E-state index in [2.05, 4.69) is 10.3 Å². The van der Waals surface area contributed by atoms with Crippen LogP contribution < -0.4 is 11.1 Å². The van der Waals surface area contributed by atoms with Crippen molar-refractivity contribution < 1.29 is 13.5 Å². The predicted octanol–water partition coefficient (Wildman–Crippen LogP) is 3.90. The van der Waals surface area contributed by atoms with E-state index in [1.54, 1.807) is 7.11 Å². The van der Waals surface area contributed by atoms with Crippen molar-refractivity contribution in [3.63, 3.8) is 0 Å². The first-order valence-corrected chi connectivity index (χ1v) is 7.63. The van der Waals surface area contributed by atoms with Gasteiger partial charge in [-0.3, -0.25) is 4.99 Å². The lowest BCUT2D eigenvalue weighted by Crippen LogP contribution is -2.24. The van der Waals surface area contributed by atoms with Gasteiger partial charge < -0.3 is 15.8 Å². The summed E-state index contributed by atoms with van der Waals surface area (Å²) in [4.78, 5) is 4.19. The lowest BCUT2D eigenvalue weighted by Gasteiger charge is -2.27. The number of aliphatic imine (C=N–C) groups is 1. The van der Waals surface area contributed by atoms with Crippen molar-refractivity contribution >= 4 is 35.6 Å². The molecule has 130 valence electrons. The quantitative estimate of drug-likeness (QED) is 0.416. The Morgan fingerprint density at radius 2 is 2.00 bits per heavy atom. The molecule has 1 aliphatic carbocycles. The molecule has 1 fully saturated rings. The zero-order chi connectivity index (χ0) is 15.9.